The second-order valence-electron chi connectivity index (χ2n) is 7.28. The van der Waals surface area contributed by atoms with Crippen LogP contribution in [0.1, 0.15) is 40.0 Å². The van der Waals surface area contributed by atoms with Crippen molar-refractivity contribution in [3.8, 4) is 5.69 Å². The fraction of sp³-hybridized carbons (Fsp3) is 0.261. The van der Waals surface area contributed by atoms with E-state index in [9.17, 15) is 9.59 Å². The number of carbonyl (C=O) groups excluding carboxylic acids is 2. The SMILES string of the molecule is Cc1nn(-c2ccccc2)cc1C(=O)NCc1ccccc1CN1CCCC1=O. The zero-order valence-electron chi connectivity index (χ0n) is 16.5. The highest BCUT2D eigenvalue weighted by Crippen LogP contribution is 2.18. The van der Waals surface area contributed by atoms with Gasteiger partial charge in [-0.2, -0.15) is 5.10 Å². The van der Waals surface area contributed by atoms with Gasteiger partial charge in [0.25, 0.3) is 5.91 Å². The third kappa shape index (κ3) is 4.21. The molecule has 2 heterocycles. The number of aromatic nitrogens is 2. The summed E-state index contributed by atoms with van der Waals surface area (Å²) in [5.74, 6) is 0.0459. The predicted molar refractivity (Wildman–Crippen MR) is 111 cm³/mol. The molecule has 4 rings (SSSR count). The van der Waals surface area contributed by atoms with Gasteiger partial charge in [-0.3, -0.25) is 9.59 Å². The largest absolute Gasteiger partial charge is 0.348 e. The minimum Gasteiger partial charge on any atom is -0.348 e. The molecule has 0 spiro atoms. The van der Waals surface area contributed by atoms with Gasteiger partial charge in [0.1, 0.15) is 0 Å². The number of carbonyl (C=O) groups is 2. The zero-order chi connectivity index (χ0) is 20.2. The van der Waals surface area contributed by atoms with E-state index < -0.39 is 0 Å². The molecule has 0 aliphatic carbocycles. The molecule has 1 aliphatic heterocycles. The number of hydrogen-bond acceptors (Lipinski definition) is 3. The van der Waals surface area contributed by atoms with Gasteiger partial charge in [-0.1, -0.05) is 42.5 Å². The van der Waals surface area contributed by atoms with E-state index in [-0.39, 0.29) is 11.8 Å². The summed E-state index contributed by atoms with van der Waals surface area (Å²) in [5.41, 5.74) is 4.24. The highest BCUT2D eigenvalue weighted by Gasteiger charge is 2.21. The molecule has 6 nitrogen and oxygen atoms in total. The molecule has 2 amide bonds. The number of aryl methyl sites for hydroxylation is 1. The summed E-state index contributed by atoms with van der Waals surface area (Å²) in [6, 6.07) is 17.7. The van der Waals surface area contributed by atoms with Crippen LogP contribution in [0.3, 0.4) is 0 Å². The Morgan fingerprint density at radius 1 is 1.07 bits per heavy atom. The molecule has 3 aromatic rings. The molecule has 6 heteroatoms. The van der Waals surface area contributed by atoms with Crippen LogP contribution in [0, 0.1) is 6.92 Å². The van der Waals surface area contributed by atoms with Crippen LogP contribution in [0.2, 0.25) is 0 Å². The second kappa shape index (κ2) is 8.31. The molecule has 1 fully saturated rings. The minimum atomic E-state index is -0.156. The summed E-state index contributed by atoms with van der Waals surface area (Å²) in [4.78, 5) is 26.6. The molecule has 0 unspecified atom stereocenters. The molecule has 0 radical (unpaired) electrons. The number of benzene rings is 2. The van der Waals surface area contributed by atoms with Crippen LogP contribution < -0.4 is 5.32 Å². The molecule has 29 heavy (non-hydrogen) atoms. The van der Waals surface area contributed by atoms with Gasteiger partial charge in [-0.15, -0.1) is 0 Å². The average Bonchev–Trinajstić information content (AvgIpc) is 3.33. The summed E-state index contributed by atoms with van der Waals surface area (Å²) in [6.07, 6.45) is 3.31. The third-order valence-electron chi connectivity index (χ3n) is 5.25. The van der Waals surface area contributed by atoms with Gasteiger partial charge in [0.05, 0.1) is 16.9 Å². The summed E-state index contributed by atoms with van der Waals surface area (Å²) in [6.45, 7) is 3.64. The Hall–Kier alpha value is -3.41. The molecular weight excluding hydrogens is 364 g/mol. The number of rotatable bonds is 6. The van der Waals surface area contributed by atoms with Gasteiger partial charge in [0.15, 0.2) is 0 Å². The Bertz CT molecular complexity index is 1030. The Kier molecular flexibility index (Phi) is 5.42. The van der Waals surface area contributed by atoms with Crippen LogP contribution >= 0.6 is 0 Å². The lowest BCUT2D eigenvalue weighted by Crippen LogP contribution is -2.27. The summed E-state index contributed by atoms with van der Waals surface area (Å²) >= 11 is 0. The van der Waals surface area contributed by atoms with E-state index in [4.69, 9.17) is 0 Å². The maximum absolute atomic E-state index is 12.8. The highest BCUT2D eigenvalue weighted by molar-refractivity contribution is 5.95. The van der Waals surface area contributed by atoms with E-state index in [1.165, 1.54) is 0 Å². The van der Waals surface area contributed by atoms with Crippen molar-refractivity contribution in [2.24, 2.45) is 0 Å². The second-order valence-corrected chi connectivity index (χ2v) is 7.28. The van der Waals surface area contributed by atoms with Crippen molar-refractivity contribution in [1.82, 2.24) is 20.0 Å². The first-order valence-corrected chi connectivity index (χ1v) is 9.86. The Labute approximate surface area is 170 Å². The van der Waals surface area contributed by atoms with Crippen LogP contribution in [-0.2, 0) is 17.9 Å². The maximum Gasteiger partial charge on any atom is 0.255 e. The topological polar surface area (TPSA) is 67.2 Å². The molecule has 1 saturated heterocycles. The molecular formula is C23H24N4O2. The summed E-state index contributed by atoms with van der Waals surface area (Å²) < 4.78 is 1.72. The van der Waals surface area contributed by atoms with Gasteiger partial charge in [0.2, 0.25) is 5.91 Å². The number of likely N-dealkylation sites (tertiary alicyclic amines) is 1. The fourth-order valence-electron chi connectivity index (χ4n) is 3.63. The number of nitrogens with one attached hydrogen (secondary N) is 1. The van der Waals surface area contributed by atoms with Gasteiger partial charge in [0, 0.05) is 32.3 Å². The predicted octanol–water partition coefficient (Wildman–Crippen LogP) is 3.23. The Morgan fingerprint density at radius 3 is 2.52 bits per heavy atom. The molecule has 0 bridgehead atoms. The molecule has 148 valence electrons. The molecule has 0 saturated carbocycles. The van der Waals surface area contributed by atoms with E-state index >= 15 is 0 Å². The number of amides is 2. The van der Waals surface area contributed by atoms with Crippen LogP contribution in [-0.4, -0.2) is 33.0 Å². The molecule has 1 aliphatic rings. The van der Waals surface area contributed by atoms with E-state index in [0.717, 1.165) is 29.8 Å². The molecule has 0 atom stereocenters. The van der Waals surface area contributed by atoms with E-state index in [1.807, 2.05) is 66.4 Å². The average molecular weight is 388 g/mol. The van der Waals surface area contributed by atoms with E-state index in [1.54, 1.807) is 10.9 Å². The Morgan fingerprint density at radius 2 is 1.79 bits per heavy atom. The van der Waals surface area contributed by atoms with Crippen molar-refractivity contribution >= 4 is 11.8 Å². The number of nitrogens with zero attached hydrogens (tertiary/aromatic N) is 3. The summed E-state index contributed by atoms with van der Waals surface area (Å²) in [7, 11) is 0. The lowest BCUT2D eigenvalue weighted by Gasteiger charge is -2.18. The first-order valence-electron chi connectivity index (χ1n) is 9.86. The fourth-order valence-corrected chi connectivity index (χ4v) is 3.63. The summed E-state index contributed by atoms with van der Waals surface area (Å²) in [5, 5.41) is 7.46. The van der Waals surface area contributed by atoms with Crippen LogP contribution in [0.4, 0.5) is 0 Å². The monoisotopic (exact) mass is 388 g/mol. The van der Waals surface area contributed by atoms with Crippen molar-refractivity contribution in [3.63, 3.8) is 0 Å². The van der Waals surface area contributed by atoms with E-state index in [0.29, 0.717) is 30.8 Å². The minimum absolute atomic E-state index is 0.156. The molecule has 1 aromatic heterocycles. The van der Waals surface area contributed by atoms with Crippen LogP contribution in [0.5, 0.6) is 0 Å². The van der Waals surface area contributed by atoms with E-state index in [2.05, 4.69) is 10.4 Å². The van der Waals surface area contributed by atoms with Gasteiger partial charge in [-0.25, -0.2) is 4.68 Å². The third-order valence-corrected chi connectivity index (χ3v) is 5.25. The lowest BCUT2D eigenvalue weighted by atomic mass is 10.1. The quantitative estimate of drug-likeness (QED) is 0.705. The number of para-hydroxylation sites is 1. The standard InChI is InChI=1S/C23H24N4O2/c1-17-21(16-27(25-17)20-10-3-2-4-11-20)23(29)24-14-18-8-5-6-9-19(18)15-26-13-7-12-22(26)28/h2-6,8-11,16H,7,12-15H2,1H3,(H,24,29). The smallest absolute Gasteiger partial charge is 0.255 e. The number of hydrogen-bond donors (Lipinski definition) is 1. The van der Waals surface area contributed by atoms with Crippen molar-refractivity contribution in [2.45, 2.75) is 32.9 Å². The van der Waals surface area contributed by atoms with Crippen LogP contribution in [0.25, 0.3) is 5.69 Å². The highest BCUT2D eigenvalue weighted by atomic mass is 16.2. The van der Waals surface area contributed by atoms with Crippen molar-refractivity contribution < 1.29 is 9.59 Å². The first kappa shape index (κ1) is 18.9. The lowest BCUT2D eigenvalue weighted by molar-refractivity contribution is -0.128. The van der Waals surface area contributed by atoms with Gasteiger partial charge < -0.3 is 10.2 Å². The van der Waals surface area contributed by atoms with Crippen LogP contribution in [0.15, 0.2) is 60.8 Å². The first-order chi connectivity index (χ1) is 14.1. The molecule has 2 aromatic carbocycles. The Balaban J connectivity index is 1.45. The maximum atomic E-state index is 12.8. The normalized spacial score (nSPS) is 13.7. The van der Waals surface area contributed by atoms with Gasteiger partial charge >= 0.3 is 0 Å². The zero-order valence-corrected chi connectivity index (χ0v) is 16.5. The van der Waals surface area contributed by atoms with Crippen molar-refractivity contribution in [2.75, 3.05) is 6.54 Å². The van der Waals surface area contributed by atoms with Crippen molar-refractivity contribution in [1.29, 1.82) is 0 Å². The molecule has 1 N–H and O–H groups in total. The van der Waals surface area contributed by atoms with Gasteiger partial charge in [-0.05, 0) is 36.6 Å². The van der Waals surface area contributed by atoms with Crippen molar-refractivity contribution in [3.05, 3.63) is 83.2 Å².